The minimum atomic E-state index is -0.783. The van der Waals surface area contributed by atoms with Gasteiger partial charge in [-0.1, -0.05) is 12.1 Å². The first-order chi connectivity index (χ1) is 9.15. The van der Waals surface area contributed by atoms with Gasteiger partial charge in [-0.25, -0.2) is 9.97 Å². The van der Waals surface area contributed by atoms with Crippen LogP contribution in [0.3, 0.4) is 0 Å². The van der Waals surface area contributed by atoms with Crippen molar-refractivity contribution < 1.29 is 14.3 Å². The summed E-state index contributed by atoms with van der Waals surface area (Å²) in [6.07, 6.45) is 0.216. The van der Waals surface area contributed by atoms with Gasteiger partial charge in [-0.05, 0) is 12.1 Å². The molecule has 1 atom stereocenters. The van der Waals surface area contributed by atoms with Gasteiger partial charge >= 0.3 is 5.97 Å². The SMILES string of the molecule is COC(=O)C(N)Cc1nc2ccccc2nc1OC. The molecule has 19 heavy (non-hydrogen) atoms. The second-order valence-electron chi connectivity index (χ2n) is 4.00. The lowest BCUT2D eigenvalue weighted by molar-refractivity contribution is -0.142. The van der Waals surface area contributed by atoms with E-state index in [0.717, 1.165) is 11.0 Å². The molecule has 0 amide bonds. The summed E-state index contributed by atoms with van der Waals surface area (Å²) >= 11 is 0. The van der Waals surface area contributed by atoms with Crippen LogP contribution in [0.4, 0.5) is 0 Å². The van der Waals surface area contributed by atoms with Crippen molar-refractivity contribution in [3.63, 3.8) is 0 Å². The Labute approximate surface area is 110 Å². The van der Waals surface area contributed by atoms with Crippen LogP contribution in [-0.4, -0.2) is 36.2 Å². The maximum absolute atomic E-state index is 11.3. The average Bonchev–Trinajstić information content (AvgIpc) is 2.45. The number of nitrogens with two attached hydrogens (primary N) is 1. The summed E-state index contributed by atoms with van der Waals surface area (Å²) in [6, 6.07) is 6.64. The molecule has 0 aliphatic carbocycles. The monoisotopic (exact) mass is 261 g/mol. The first kappa shape index (κ1) is 13.2. The molecule has 1 aromatic carbocycles. The van der Waals surface area contributed by atoms with E-state index in [4.69, 9.17) is 10.5 Å². The van der Waals surface area contributed by atoms with Crippen LogP contribution in [0.5, 0.6) is 5.88 Å². The van der Waals surface area contributed by atoms with Crippen molar-refractivity contribution in [3.8, 4) is 5.88 Å². The van der Waals surface area contributed by atoms with E-state index >= 15 is 0 Å². The minimum absolute atomic E-state index is 0.216. The molecule has 0 saturated carbocycles. The van der Waals surface area contributed by atoms with E-state index in [9.17, 15) is 4.79 Å². The lowest BCUT2D eigenvalue weighted by atomic mass is 10.1. The molecule has 0 aliphatic rings. The van der Waals surface area contributed by atoms with Crippen LogP contribution in [0.25, 0.3) is 11.0 Å². The van der Waals surface area contributed by atoms with Crippen molar-refractivity contribution >= 4 is 17.0 Å². The zero-order chi connectivity index (χ0) is 13.8. The first-order valence-corrected chi connectivity index (χ1v) is 5.78. The molecule has 6 heteroatoms. The lowest BCUT2D eigenvalue weighted by Gasteiger charge is -2.11. The molecule has 6 nitrogen and oxygen atoms in total. The van der Waals surface area contributed by atoms with E-state index in [-0.39, 0.29) is 6.42 Å². The highest BCUT2D eigenvalue weighted by Gasteiger charge is 2.19. The van der Waals surface area contributed by atoms with Gasteiger partial charge in [0.1, 0.15) is 11.7 Å². The summed E-state index contributed by atoms with van der Waals surface area (Å²) in [7, 11) is 2.80. The van der Waals surface area contributed by atoms with Gasteiger partial charge < -0.3 is 15.2 Å². The van der Waals surface area contributed by atoms with Crippen molar-refractivity contribution in [3.05, 3.63) is 30.0 Å². The summed E-state index contributed by atoms with van der Waals surface area (Å²) in [6.45, 7) is 0. The number of benzene rings is 1. The molecule has 100 valence electrons. The van der Waals surface area contributed by atoms with E-state index in [2.05, 4.69) is 14.7 Å². The van der Waals surface area contributed by atoms with Crippen molar-refractivity contribution in [1.82, 2.24) is 9.97 Å². The molecule has 2 N–H and O–H groups in total. The Morgan fingerprint density at radius 1 is 1.26 bits per heavy atom. The fourth-order valence-electron chi connectivity index (χ4n) is 1.76. The smallest absolute Gasteiger partial charge is 0.323 e. The summed E-state index contributed by atoms with van der Waals surface area (Å²) < 4.78 is 9.78. The highest BCUT2D eigenvalue weighted by Crippen LogP contribution is 2.19. The van der Waals surface area contributed by atoms with Gasteiger partial charge in [0, 0.05) is 6.42 Å². The topological polar surface area (TPSA) is 87.3 Å². The molecule has 1 aromatic heterocycles. The molecule has 0 bridgehead atoms. The summed E-state index contributed by atoms with van der Waals surface area (Å²) in [5.74, 6) is -0.116. The molecule has 0 saturated heterocycles. The molecular formula is C13H15N3O3. The fourth-order valence-corrected chi connectivity index (χ4v) is 1.76. The number of nitrogens with zero attached hydrogens (tertiary/aromatic N) is 2. The van der Waals surface area contributed by atoms with E-state index in [1.807, 2.05) is 24.3 Å². The van der Waals surface area contributed by atoms with Crippen molar-refractivity contribution in [1.29, 1.82) is 0 Å². The van der Waals surface area contributed by atoms with E-state index in [1.165, 1.54) is 14.2 Å². The van der Waals surface area contributed by atoms with Crippen LogP contribution in [0.2, 0.25) is 0 Å². The second kappa shape index (κ2) is 5.62. The van der Waals surface area contributed by atoms with Crippen LogP contribution in [-0.2, 0) is 16.0 Å². The minimum Gasteiger partial charge on any atom is -0.480 e. The van der Waals surface area contributed by atoms with Gasteiger partial charge in [0.25, 0.3) is 0 Å². The number of fused-ring (bicyclic) bond motifs is 1. The molecular weight excluding hydrogens is 246 g/mol. The van der Waals surface area contributed by atoms with E-state index in [1.54, 1.807) is 0 Å². The van der Waals surface area contributed by atoms with Crippen LogP contribution < -0.4 is 10.5 Å². The third kappa shape index (κ3) is 2.79. The lowest BCUT2D eigenvalue weighted by Crippen LogP contribution is -2.34. The largest absolute Gasteiger partial charge is 0.480 e. The maximum atomic E-state index is 11.3. The number of hydrogen-bond acceptors (Lipinski definition) is 6. The number of aromatic nitrogens is 2. The predicted molar refractivity (Wildman–Crippen MR) is 69.8 cm³/mol. The number of carbonyl (C=O) groups is 1. The van der Waals surface area contributed by atoms with Crippen LogP contribution in [0.15, 0.2) is 24.3 Å². The standard InChI is InChI=1S/C13H15N3O3/c1-18-12-11(7-8(14)13(17)19-2)15-9-5-3-4-6-10(9)16-12/h3-6,8H,7,14H2,1-2H3. The van der Waals surface area contributed by atoms with Gasteiger partial charge in [0.05, 0.1) is 25.3 Å². The molecule has 0 fully saturated rings. The van der Waals surface area contributed by atoms with Crippen LogP contribution in [0, 0.1) is 0 Å². The quantitative estimate of drug-likeness (QED) is 0.814. The van der Waals surface area contributed by atoms with Crippen LogP contribution >= 0.6 is 0 Å². The molecule has 1 unspecified atom stereocenters. The Hall–Kier alpha value is -2.21. The summed E-state index contributed by atoms with van der Waals surface area (Å²) in [5.41, 5.74) is 7.73. The Kier molecular flexibility index (Phi) is 3.91. The average molecular weight is 261 g/mol. The van der Waals surface area contributed by atoms with E-state index < -0.39 is 12.0 Å². The van der Waals surface area contributed by atoms with E-state index in [0.29, 0.717) is 11.6 Å². The third-order valence-electron chi connectivity index (χ3n) is 2.72. The number of carbonyl (C=O) groups excluding carboxylic acids is 1. The second-order valence-corrected chi connectivity index (χ2v) is 4.00. The Morgan fingerprint density at radius 2 is 1.89 bits per heavy atom. The van der Waals surface area contributed by atoms with Crippen molar-refractivity contribution in [2.75, 3.05) is 14.2 Å². The zero-order valence-corrected chi connectivity index (χ0v) is 10.8. The summed E-state index contributed by atoms with van der Waals surface area (Å²) in [4.78, 5) is 20.1. The fraction of sp³-hybridized carbons (Fsp3) is 0.308. The molecule has 1 heterocycles. The predicted octanol–water partition coefficient (Wildman–Crippen LogP) is 0.681. The Morgan fingerprint density at radius 3 is 2.47 bits per heavy atom. The van der Waals surface area contributed by atoms with Crippen LogP contribution in [0.1, 0.15) is 5.69 Å². The number of ether oxygens (including phenoxy) is 2. The number of esters is 1. The summed E-state index contributed by atoms with van der Waals surface area (Å²) in [5, 5.41) is 0. The number of rotatable bonds is 4. The Bertz CT molecular complexity index is 601. The number of para-hydroxylation sites is 2. The van der Waals surface area contributed by atoms with Gasteiger partial charge in [0.2, 0.25) is 5.88 Å². The van der Waals surface area contributed by atoms with Gasteiger partial charge in [-0.15, -0.1) is 0 Å². The Balaban J connectivity index is 2.38. The maximum Gasteiger partial charge on any atom is 0.323 e. The molecule has 0 radical (unpaired) electrons. The highest BCUT2D eigenvalue weighted by atomic mass is 16.5. The van der Waals surface area contributed by atoms with Crippen molar-refractivity contribution in [2.24, 2.45) is 5.73 Å². The third-order valence-corrected chi connectivity index (χ3v) is 2.72. The normalized spacial score (nSPS) is 12.2. The molecule has 2 rings (SSSR count). The molecule has 2 aromatic rings. The van der Waals surface area contributed by atoms with Gasteiger partial charge in [-0.3, -0.25) is 4.79 Å². The molecule has 0 spiro atoms. The van der Waals surface area contributed by atoms with Crippen molar-refractivity contribution in [2.45, 2.75) is 12.5 Å². The molecule has 0 aliphatic heterocycles. The number of hydrogen-bond donors (Lipinski definition) is 1. The van der Waals surface area contributed by atoms with Gasteiger partial charge in [0.15, 0.2) is 0 Å². The van der Waals surface area contributed by atoms with Gasteiger partial charge in [-0.2, -0.15) is 0 Å². The number of methoxy groups -OCH3 is 2. The highest BCUT2D eigenvalue weighted by molar-refractivity contribution is 5.77. The first-order valence-electron chi connectivity index (χ1n) is 5.78. The zero-order valence-electron chi connectivity index (χ0n) is 10.8.